The van der Waals surface area contributed by atoms with E-state index in [1.807, 2.05) is 12.3 Å². The maximum absolute atomic E-state index is 11.5. The summed E-state index contributed by atoms with van der Waals surface area (Å²) >= 11 is 0. The molecular formula is C28H27N7O2. The van der Waals surface area contributed by atoms with E-state index in [0.717, 1.165) is 43.9 Å². The van der Waals surface area contributed by atoms with Gasteiger partial charge in [-0.3, -0.25) is 4.79 Å². The molecule has 186 valence electrons. The van der Waals surface area contributed by atoms with Crippen molar-refractivity contribution < 1.29 is 9.53 Å². The third-order valence-corrected chi connectivity index (χ3v) is 6.48. The minimum absolute atomic E-state index is 0.345. The summed E-state index contributed by atoms with van der Waals surface area (Å²) in [6.07, 6.45) is 6.11. The van der Waals surface area contributed by atoms with Gasteiger partial charge in [0.05, 0.1) is 12.4 Å². The second kappa shape index (κ2) is 10.5. The monoisotopic (exact) mass is 493 g/mol. The van der Waals surface area contributed by atoms with Gasteiger partial charge < -0.3 is 19.9 Å². The van der Waals surface area contributed by atoms with E-state index in [-0.39, 0.29) is 5.91 Å². The van der Waals surface area contributed by atoms with Crippen molar-refractivity contribution in [2.45, 2.75) is 6.92 Å². The minimum Gasteiger partial charge on any atom is -0.453 e. The number of ether oxygens (including phenoxy) is 1. The lowest BCUT2D eigenvalue weighted by atomic mass is 10.1. The molecule has 0 radical (unpaired) electrons. The Morgan fingerprint density at radius 2 is 1.92 bits per heavy atom. The highest BCUT2D eigenvalue weighted by Crippen LogP contribution is 2.34. The van der Waals surface area contributed by atoms with Crippen molar-refractivity contribution in [3.63, 3.8) is 0 Å². The van der Waals surface area contributed by atoms with Gasteiger partial charge in [0.15, 0.2) is 5.75 Å². The van der Waals surface area contributed by atoms with Crippen LogP contribution in [-0.2, 0) is 4.79 Å². The zero-order valence-corrected chi connectivity index (χ0v) is 20.6. The van der Waals surface area contributed by atoms with Crippen LogP contribution in [-0.4, -0.2) is 58.1 Å². The van der Waals surface area contributed by atoms with Crippen LogP contribution in [0.1, 0.15) is 12.5 Å². The van der Waals surface area contributed by atoms with E-state index in [2.05, 4.69) is 69.0 Å². The van der Waals surface area contributed by atoms with Crippen LogP contribution in [0.5, 0.6) is 11.5 Å². The Balaban J connectivity index is 1.42. The van der Waals surface area contributed by atoms with Gasteiger partial charge in [-0.05, 0) is 48.5 Å². The van der Waals surface area contributed by atoms with Crippen molar-refractivity contribution in [2.24, 2.45) is 0 Å². The molecule has 1 aliphatic heterocycles. The largest absolute Gasteiger partial charge is 0.453 e. The van der Waals surface area contributed by atoms with Crippen molar-refractivity contribution in [1.29, 1.82) is 5.26 Å². The summed E-state index contributed by atoms with van der Waals surface area (Å²) in [5.41, 5.74) is 4.10. The van der Waals surface area contributed by atoms with Gasteiger partial charge in [0.25, 0.3) is 0 Å². The summed E-state index contributed by atoms with van der Waals surface area (Å²) in [5, 5.41) is 16.6. The number of hydrogen-bond donors (Lipinski definition) is 1. The molecule has 1 fully saturated rings. The van der Waals surface area contributed by atoms with E-state index in [1.54, 1.807) is 16.6 Å². The van der Waals surface area contributed by atoms with Gasteiger partial charge in [-0.25, -0.2) is 9.50 Å². The highest BCUT2D eigenvalue weighted by molar-refractivity contribution is 5.98. The molecule has 0 spiro atoms. The van der Waals surface area contributed by atoms with Crippen LogP contribution < -0.4 is 15.0 Å². The number of aromatic nitrogens is 3. The molecule has 5 rings (SSSR count). The SMILES string of the molecule is C=CC(=O)Nc1ccc(Oc2cc(-c3ccc(N4CCN(CC)CC4)cc3)cn3ncc(C#N)c23)cn1. The van der Waals surface area contributed by atoms with E-state index in [0.29, 0.717) is 28.4 Å². The summed E-state index contributed by atoms with van der Waals surface area (Å²) in [4.78, 5) is 20.6. The Hall–Kier alpha value is -4.68. The van der Waals surface area contributed by atoms with Gasteiger partial charge in [0.2, 0.25) is 5.91 Å². The molecule has 9 heteroatoms. The number of nitrogens with one attached hydrogen (secondary N) is 1. The molecule has 0 unspecified atom stereocenters. The molecule has 37 heavy (non-hydrogen) atoms. The number of likely N-dealkylation sites (N-methyl/N-ethyl adjacent to an activating group) is 1. The zero-order chi connectivity index (χ0) is 25.8. The predicted octanol–water partition coefficient (Wildman–Crippen LogP) is 4.33. The molecule has 0 bridgehead atoms. The van der Waals surface area contributed by atoms with Gasteiger partial charge >= 0.3 is 0 Å². The highest BCUT2D eigenvalue weighted by Gasteiger charge is 2.17. The zero-order valence-electron chi connectivity index (χ0n) is 20.6. The Morgan fingerprint density at radius 3 is 2.57 bits per heavy atom. The second-order valence-electron chi connectivity index (χ2n) is 8.70. The molecule has 1 amide bonds. The quantitative estimate of drug-likeness (QED) is 0.383. The molecule has 4 heterocycles. The molecule has 4 aromatic rings. The first kappa shape index (κ1) is 24.0. The number of nitrogens with zero attached hydrogens (tertiary/aromatic N) is 6. The minimum atomic E-state index is -0.345. The van der Waals surface area contributed by atoms with E-state index in [1.165, 1.54) is 24.2 Å². The number of benzene rings is 1. The summed E-state index contributed by atoms with van der Waals surface area (Å²) in [6, 6.07) is 15.9. The number of piperazine rings is 1. The number of rotatable bonds is 7. The lowest BCUT2D eigenvalue weighted by molar-refractivity contribution is -0.111. The molecule has 1 aromatic carbocycles. The molecule has 0 aliphatic carbocycles. The molecule has 9 nitrogen and oxygen atoms in total. The van der Waals surface area contributed by atoms with Crippen LogP contribution >= 0.6 is 0 Å². The smallest absolute Gasteiger partial charge is 0.248 e. The van der Waals surface area contributed by atoms with Crippen molar-refractivity contribution in [3.05, 3.63) is 79.3 Å². The molecule has 1 N–H and O–H groups in total. The third-order valence-electron chi connectivity index (χ3n) is 6.48. The number of carbonyl (C=O) groups is 1. The first-order valence-corrected chi connectivity index (χ1v) is 12.1. The van der Waals surface area contributed by atoms with E-state index in [9.17, 15) is 10.1 Å². The lowest BCUT2D eigenvalue weighted by Crippen LogP contribution is -2.46. The Labute approximate surface area is 215 Å². The van der Waals surface area contributed by atoms with E-state index >= 15 is 0 Å². The van der Waals surface area contributed by atoms with Crippen molar-refractivity contribution in [2.75, 3.05) is 42.9 Å². The summed E-state index contributed by atoms with van der Waals surface area (Å²) < 4.78 is 7.82. The van der Waals surface area contributed by atoms with Crippen LogP contribution in [0.15, 0.2) is 73.7 Å². The fourth-order valence-corrected chi connectivity index (χ4v) is 4.41. The summed E-state index contributed by atoms with van der Waals surface area (Å²) in [6.45, 7) is 10.9. The van der Waals surface area contributed by atoms with Crippen molar-refractivity contribution in [1.82, 2.24) is 19.5 Å². The predicted molar refractivity (Wildman–Crippen MR) is 143 cm³/mol. The molecule has 0 saturated carbocycles. The fraction of sp³-hybridized carbons (Fsp3) is 0.214. The molecule has 0 atom stereocenters. The normalized spacial score (nSPS) is 13.8. The number of hydrogen-bond acceptors (Lipinski definition) is 7. The first-order valence-electron chi connectivity index (χ1n) is 12.1. The van der Waals surface area contributed by atoms with Gasteiger partial charge in [-0.15, -0.1) is 0 Å². The lowest BCUT2D eigenvalue weighted by Gasteiger charge is -2.35. The maximum Gasteiger partial charge on any atom is 0.248 e. The Kier molecular flexibility index (Phi) is 6.83. The fourth-order valence-electron chi connectivity index (χ4n) is 4.41. The topological polar surface area (TPSA) is 98.8 Å². The van der Waals surface area contributed by atoms with Crippen molar-refractivity contribution >= 4 is 22.9 Å². The summed E-state index contributed by atoms with van der Waals surface area (Å²) in [5.74, 6) is 0.982. The molecule has 1 saturated heterocycles. The van der Waals surface area contributed by atoms with Gasteiger partial charge in [0.1, 0.15) is 28.7 Å². The first-order chi connectivity index (χ1) is 18.1. The van der Waals surface area contributed by atoms with Crippen LogP contribution in [0.25, 0.3) is 16.6 Å². The van der Waals surface area contributed by atoms with E-state index < -0.39 is 0 Å². The van der Waals surface area contributed by atoms with Crippen LogP contribution in [0, 0.1) is 11.3 Å². The van der Waals surface area contributed by atoms with E-state index in [4.69, 9.17) is 4.74 Å². The number of carbonyl (C=O) groups excluding carboxylic acids is 1. The number of nitriles is 1. The average molecular weight is 494 g/mol. The number of pyridine rings is 2. The van der Waals surface area contributed by atoms with Crippen LogP contribution in [0.4, 0.5) is 11.5 Å². The Bertz CT molecular complexity index is 1460. The second-order valence-corrected chi connectivity index (χ2v) is 8.70. The Morgan fingerprint density at radius 1 is 1.14 bits per heavy atom. The number of amides is 1. The van der Waals surface area contributed by atoms with Crippen LogP contribution in [0.3, 0.4) is 0 Å². The van der Waals surface area contributed by atoms with Crippen LogP contribution in [0.2, 0.25) is 0 Å². The average Bonchev–Trinajstić information content (AvgIpc) is 3.38. The standard InChI is InChI=1S/C28H27N7O2/c1-3-27(36)32-26-10-9-24(18-30-26)37-25-15-21(19-35-28(25)22(16-29)17-31-35)20-5-7-23(8-6-20)34-13-11-33(4-2)12-14-34/h3,5-10,15,17-19H,1,4,11-14H2,2H3,(H,30,32,36). The van der Waals surface area contributed by atoms with Crippen molar-refractivity contribution in [3.8, 4) is 28.7 Å². The third kappa shape index (κ3) is 5.15. The number of fused-ring (bicyclic) bond motifs is 1. The van der Waals surface area contributed by atoms with Gasteiger partial charge in [0, 0.05) is 43.6 Å². The number of anilines is 2. The highest BCUT2D eigenvalue weighted by atomic mass is 16.5. The molecular weight excluding hydrogens is 466 g/mol. The summed E-state index contributed by atoms with van der Waals surface area (Å²) in [7, 11) is 0. The maximum atomic E-state index is 11.5. The van der Waals surface area contributed by atoms with Gasteiger partial charge in [-0.2, -0.15) is 10.4 Å². The molecule has 1 aliphatic rings. The molecule has 3 aromatic heterocycles. The van der Waals surface area contributed by atoms with Gasteiger partial charge in [-0.1, -0.05) is 25.6 Å².